The number of benzene rings is 1. The molecule has 1 N–H and O–H groups in total. The highest BCUT2D eigenvalue weighted by Crippen LogP contribution is 2.22. The van der Waals surface area contributed by atoms with E-state index in [0.29, 0.717) is 24.4 Å². The van der Waals surface area contributed by atoms with Crippen LogP contribution in [0, 0.1) is 18.3 Å². The molecule has 1 aromatic carbocycles. The number of aryl methyl sites for hydroxylation is 1. The van der Waals surface area contributed by atoms with Crippen LogP contribution in [-0.4, -0.2) is 45.4 Å². The predicted octanol–water partition coefficient (Wildman–Crippen LogP) is 0.951. The number of hydrogen-bond donors (Lipinski definition) is 1. The molecule has 0 saturated carbocycles. The van der Waals surface area contributed by atoms with Crippen molar-refractivity contribution in [2.24, 2.45) is 0 Å². The zero-order valence-electron chi connectivity index (χ0n) is 12.7. The van der Waals surface area contributed by atoms with Gasteiger partial charge in [0.2, 0.25) is 10.0 Å². The third-order valence-electron chi connectivity index (χ3n) is 4.02. The molecular weight excluding hydrogens is 366 g/mol. The second kappa shape index (κ2) is 7.55. The van der Waals surface area contributed by atoms with Gasteiger partial charge < -0.3 is 4.90 Å². The van der Waals surface area contributed by atoms with Gasteiger partial charge in [0.05, 0.1) is 43.7 Å². The van der Waals surface area contributed by atoms with E-state index in [1.54, 1.807) is 22.5 Å². The summed E-state index contributed by atoms with van der Waals surface area (Å²) in [5, 5.41) is 8.56. The second-order valence-electron chi connectivity index (χ2n) is 5.58. The van der Waals surface area contributed by atoms with Gasteiger partial charge in [0, 0.05) is 17.3 Å². The van der Waals surface area contributed by atoms with E-state index in [0.717, 1.165) is 36.1 Å². The molecule has 0 amide bonds. The molecule has 22 heavy (non-hydrogen) atoms. The van der Waals surface area contributed by atoms with E-state index in [4.69, 9.17) is 5.26 Å². The smallest absolute Gasteiger partial charge is 0.243 e. The molecule has 0 bridgehead atoms. The lowest BCUT2D eigenvalue weighted by atomic mass is 10.2. The summed E-state index contributed by atoms with van der Waals surface area (Å²) in [6.07, 6.45) is 1.45. The Balaban J connectivity index is 2.00. The Morgan fingerprint density at radius 1 is 1.36 bits per heavy atom. The van der Waals surface area contributed by atoms with E-state index in [1.165, 1.54) is 4.90 Å². The number of sulfonamides is 1. The number of unbranched alkanes of at least 4 members (excludes halogenated alkanes) is 1. The average molecular weight is 387 g/mol. The number of nitrogens with one attached hydrogen (secondary N) is 1. The van der Waals surface area contributed by atoms with E-state index < -0.39 is 10.0 Å². The Labute approximate surface area is 140 Å². The van der Waals surface area contributed by atoms with Gasteiger partial charge in [-0.2, -0.15) is 9.57 Å². The van der Waals surface area contributed by atoms with Gasteiger partial charge in [0.15, 0.2) is 0 Å². The number of quaternary nitrogens is 1. The summed E-state index contributed by atoms with van der Waals surface area (Å²) in [7, 11) is -3.40. The molecule has 5 nitrogen and oxygen atoms in total. The van der Waals surface area contributed by atoms with Crippen molar-refractivity contribution in [3.05, 3.63) is 28.2 Å². The Morgan fingerprint density at radius 3 is 2.64 bits per heavy atom. The first kappa shape index (κ1) is 17.4. The SMILES string of the molecule is Cc1cc(S(=O)(=O)N2CC[NH+](CCCC#N)CC2)ccc1Br. The topological polar surface area (TPSA) is 65.6 Å². The van der Waals surface area contributed by atoms with Gasteiger partial charge >= 0.3 is 0 Å². The summed E-state index contributed by atoms with van der Waals surface area (Å²) >= 11 is 3.40. The van der Waals surface area contributed by atoms with Crippen LogP contribution in [0.1, 0.15) is 18.4 Å². The monoisotopic (exact) mass is 386 g/mol. The van der Waals surface area contributed by atoms with Crippen molar-refractivity contribution < 1.29 is 13.3 Å². The van der Waals surface area contributed by atoms with Crippen molar-refractivity contribution in [1.29, 1.82) is 5.26 Å². The maximum atomic E-state index is 12.7. The van der Waals surface area contributed by atoms with Crippen LogP contribution in [0.2, 0.25) is 0 Å². The number of nitrogens with zero attached hydrogens (tertiary/aromatic N) is 2. The van der Waals surface area contributed by atoms with Crippen LogP contribution in [-0.2, 0) is 10.0 Å². The molecule has 1 aliphatic heterocycles. The fraction of sp³-hybridized carbons (Fsp3) is 0.533. The summed E-state index contributed by atoms with van der Waals surface area (Å²) in [6.45, 7) is 5.53. The van der Waals surface area contributed by atoms with Crippen LogP contribution >= 0.6 is 15.9 Å². The van der Waals surface area contributed by atoms with Crippen LogP contribution in [0.25, 0.3) is 0 Å². The van der Waals surface area contributed by atoms with Crippen LogP contribution in [0.3, 0.4) is 0 Å². The fourth-order valence-corrected chi connectivity index (χ4v) is 4.41. The standard InChI is InChI=1S/C15H20BrN3O2S/c1-13-12-14(4-5-15(13)16)22(20,21)19-10-8-18(9-11-19)7-3-2-6-17/h4-5,12H,2-3,7-11H2,1H3/p+1. The molecule has 0 unspecified atom stereocenters. The zero-order valence-corrected chi connectivity index (χ0v) is 15.1. The normalized spacial score (nSPS) is 17.3. The average Bonchev–Trinajstić information content (AvgIpc) is 2.51. The van der Waals surface area contributed by atoms with Crippen molar-refractivity contribution in [1.82, 2.24) is 4.31 Å². The van der Waals surface area contributed by atoms with Crippen molar-refractivity contribution in [3.8, 4) is 6.07 Å². The van der Waals surface area contributed by atoms with Gasteiger partial charge in [-0.15, -0.1) is 0 Å². The van der Waals surface area contributed by atoms with Gasteiger partial charge in [-0.05, 0) is 30.7 Å². The maximum absolute atomic E-state index is 12.7. The highest BCUT2D eigenvalue weighted by atomic mass is 79.9. The van der Waals surface area contributed by atoms with Crippen LogP contribution < -0.4 is 4.90 Å². The molecule has 1 fully saturated rings. The fourth-order valence-electron chi connectivity index (χ4n) is 2.64. The lowest BCUT2D eigenvalue weighted by molar-refractivity contribution is -0.903. The third-order valence-corrected chi connectivity index (χ3v) is 6.80. The quantitative estimate of drug-likeness (QED) is 0.766. The lowest BCUT2D eigenvalue weighted by Gasteiger charge is -2.31. The maximum Gasteiger partial charge on any atom is 0.243 e. The lowest BCUT2D eigenvalue weighted by Crippen LogP contribution is -3.14. The molecule has 2 rings (SSSR count). The molecule has 7 heteroatoms. The number of nitriles is 1. The minimum absolute atomic E-state index is 0.362. The van der Waals surface area contributed by atoms with Crippen LogP contribution in [0.15, 0.2) is 27.6 Å². The number of rotatable bonds is 5. The Morgan fingerprint density at radius 2 is 2.05 bits per heavy atom. The zero-order chi connectivity index (χ0) is 16.2. The molecule has 1 saturated heterocycles. The largest absolute Gasteiger partial charge is 0.333 e. The summed E-state index contributed by atoms with van der Waals surface area (Å²) < 4.78 is 27.8. The van der Waals surface area contributed by atoms with Gasteiger partial charge in [0.1, 0.15) is 0 Å². The van der Waals surface area contributed by atoms with Gasteiger partial charge in [0.25, 0.3) is 0 Å². The molecule has 1 aromatic rings. The van der Waals surface area contributed by atoms with Crippen molar-refractivity contribution in [2.75, 3.05) is 32.7 Å². The molecule has 0 aliphatic carbocycles. The van der Waals surface area contributed by atoms with E-state index in [1.807, 2.05) is 6.92 Å². The van der Waals surface area contributed by atoms with Crippen molar-refractivity contribution in [2.45, 2.75) is 24.7 Å². The molecule has 0 atom stereocenters. The first-order valence-electron chi connectivity index (χ1n) is 7.42. The molecule has 1 aliphatic rings. The van der Waals surface area contributed by atoms with Crippen molar-refractivity contribution >= 4 is 26.0 Å². The first-order chi connectivity index (χ1) is 10.4. The van der Waals surface area contributed by atoms with Crippen LogP contribution in [0.5, 0.6) is 0 Å². The van der Waals surface area contributed by atoms with Gasteiger partial charge in [-0.25, -0.2) is 8.42 Å². The van der Waals surface area contributed by atoms with Crippen LogP contribution in [0.4, 0.5) is 0 Å². The molecular formula is C15H21BrN3O2S+. The molecule has 1 heterocycles. The minimum atomic E-state index is -3.40. The minimum Gasteiger partial charge on any atom is -0.333 e. The van der Waals surface area contributed by atoms with E-state index in [2.05, 4.69) is 22.0 Å². The first-order valence-corrected chi connectivity index (χ1v) is 9.65. The summed E-state index contributed by atoms with van der Waals surface area (Å²) in [4.78, 5) is 1.75. The van der Waals surface area contributed by atoms with E-state index in [9.17, 15) is 8.42 Å². The molecule has 120 valence electrons. The summed E-state index contributed by atoms with van der Waals surface area (Å²) in [6, 6.07) is 7.30. The molecule has 0 radical (unpaired) electrons. The number of halogens is 1. The van der Waals surface area contributed by atoms with E-state index in [-0.39, 0.29) is 0 Å². The Kier molecular flexibility index (Phi) is 5.98. The third kappa shape index (κ3) is 4.07. The Hall–Kier alpha value is -0.940. The molecule has 0 spiro atoms. The summed E-state index contributed by atoms with van der Waals surface area (Å²) in [5.74, 6) is 0. The second-order valence-corrected chi connectivity index (χ2v) is 8.37. The predicted molar refractivity (Wildman–Crippen MR) is 88.0 cm³/mol. The summed E-state index contributed by atoms with van der Waals surface area (Å²) in [5.41, 5.74) is 0.918. The molecule has 0 aromatic heterocycles. The van der Waals surface area contributed by atoms with Gasteiger partial charge in [-0.3, -0.25) is 0 Å². The number of hydrogen-bond acceptors (Lipinski definition) is 3. The highest BCUT2D eigenvalue weighted by Gasteiger charge is 2.30. The van der Waals surface area contributed by atoms with Gasteiger partial charge in [-0.1, -0.05) is 15.9 Å². The Bertz CT molecular complexity index is 662. The van der Waals surface area contributed by atoms with E-state index >= 15 is 0 Å². The number of piperazine rings is 1. The van der Waals surface area contributed by atoms with Crippen molar-refractivity contribution in [3.63, 3.8) is 0 Å². The highest BCUT2D eigenvalue weighted by molar-refractivity contribution is 9.10.